The zero-order chi connectivity index (χ0) is 38.4. The molecule has 0 aliphatic heterocycles. The molecule has 0 bridgehead atoms. The van der Waals surface area contributed by atoms with E-state index in [0.717, 1.165) is 26.7 Å². The maximum absolute atomic E-state index is 15.2. The molecule has 3 atom stereocenters. The van der Waals surface area contributed by atoms with Gasteiger partial charge in [0.2, 0.25) is 0 Å². The number of ether oxygens (including phenoxy) is 2. The van der Waals surface area contributed by atoms with Crippen molar-refractivity contribution >= 4 is 11.9 Å². The van der Waals surface area contributed by atoms with Crippen molar-refractivity contribution in [3.63, 3.8) is 0 Å². The van der Waals surface area contributed by atoms with Crippen LogP contribution in [0.5, 0.6) is 0 Å². The molecule has 0 amide bonds. The van der Waals surface area contributed by atoms with Gasteiger partial charge in [-0.1, -0.05) is 120 Å². The summed E-state index contributed by atoms with van der Waals surface area (Å²) in [6.45, 7) is 23.4. The van der Waals surface area contributed by atoms with Gasteiger partial charge in [-0.05, 0) is 73.2 Å². The van der Waals surface area contributed by atoms with Crippen molar-refractivity contribution < 1.29 is 41.0 Å². The van der Waals surface area contributed by atoms with Crippen LogP contribution in [0, 0.1) is 44.8 Å². The largest absolute Gasteiger partial charge is 0.465 e. The van der Waals surface area contributed by atoms with Crippen LogP contribution in [0.3, 0.4) is 0 Å². The third-order valence-electron chi connectivity index (χ3n) is 12.0. The molecule has 49 heavy (non-hydrogen) atoms. The second-order valence-corrected chi connectivity index (χ2v) is 17.6. The molecule has 0 saturated carbocycles. The first-order valence-electron chi connectivity index (χ1n) is 17.8. The highest BCUT2D eigenvalue weighted by atomic mass is 19.4. The fourth-order valence-electron chi connectivity index (χ4n) is 6.52. The lowest BCUT2D eigenvalue weighted by Crippen LogP contribution is -2.55. The van der Waals surface area contributed by atoms with Gasteiger partial charge in [0, 0.05) is 5.41 Å². The molecule has 3 unspecified atom stereocenters. The number of unbranched alkanes of at least 4 members (excludes halogenated alkanes) is 1. The SMILES string of the molecule is CCCCOC(=O)C(CC(C)(C)C(C)c1ccccc1)C(C)(C)C(C)(C)CC(C(=O)OCCC(C)(C)C(F)(F)C(C)(C)C(F)(F)F)C(C)C. The van der Waals surface area contributed by atoms with Crippen LogP contribution in [-0.4, -0.2) is 37.3 Å². The molecule has 4 nitrogen and oxygen atoms in total. The van der Waals surface area contributed by atoms with Crippen LogP contribution >= 0.6 is 0 Å². The minimum Gasteiger partial charge on any atom is -0.465 e. The molecule has 0 aliphatic rings. The van der Waals surface area contributed by atoms with Crippen LogP contribution in [-0.2, 0) is 19.1 Å². The standard InChI is InChI=1S/C40H65F5O4/c1-15-16-23-48-33(47)31(26-34(5,6)28(4)29-20-18-17-19-21-29)37(11,12)36(9,10)25-30(27(2)3)32(46)49-24-22-35(7,8)39(41,42)38(13,14)40(43,44)45/h17-21,27-28,30-31H,15-16,22-26H2,1-14H3. The molecule has 1 aromatic rings. The minimum absolute atomic E-state index is 0.135. The molecular weight excluding hydrogens is 639 g/mol. The van der Waals surface area contributed by atoms with Crippen LogP contribution in [0.15, 0.2) is 30.3 Å². The van der Waals surface area contributed by atoms with Crippen molar-refractivity contribution in [1.82, 2.24) is 0 Å². The molecule has 0 heterocycles. The lowest BCUT2D eigenvalue weighted by Gasteiger charge is -2.50. The maximum Gasteiger partial charge on any atom is 0.399 e. The molecule has 0 aromatic heterocycles. The Morgan fingerprint density at radius 2 is 1.22 bits per heavy atom. The third-order valence-corrected chi connectivity index (χ3v) is 12.0. The molecule has 9 heteroatoms. The van der Waals surface area contributed by atoms with Gasteiger partial charge in [0.25, 0.3) is 5.92 Å². The minimum atomic E-state index is -5.12. The summed E-state index contributed by atoms with van der Waals surface area (Å²) in [5.41, 5.74) is -5.76. The Morgan fingerprint density at radius 3 is 1.69 bits per heavy atom. The Labute approximate surface area is 293 Å². The molecule has 0 fully saturated rings. The first-order chi connectivity index (χ1) is 22.0. The van der Waals surface area contributed by atoms with Gasteiger partial charge >= 0.3 is 18.1 Å². The molecular formula is C40H65F5O4. The Balaban J connectivity index is 3.31. The van der Waals surface area contributed by atoms with Crippen LogP contribution in [0.4, 0.5) is 22.0 Å². The molecule has 1 rings (SSSR count). The van der Waals surface area contributed by atoms with E-state index in [-0.39, 0.29) is 23.2 Å². The predicted octanol–water partition coefficient (Wildman–Crippen LogP) is 12.1. The summed E-state index contributed by atoms with van der Waals surface area (Å²) in [7, 11) is 0. The van der Waals surface area contributed by atoms with Crippen molar-refractivity contribution in [3.8, 4) is 0 Å². The van der Waals surface area contributed by atoms with Gasteiger partial charge < -0.3 is 9.47 Å². The summed E-state index contributed by atoms with van der Waals surface area (Å²) < 4.78 is 82.6. The van der Waals surface area contributed by atoms with Gasteiger partial charge in [0.1, 0.15) is 5.41 Å². The summed E-state index contributed by atoms with van der Waals surface area (Å²) in [6.07, 6.45) is -3.06. The Kier molecular flexibility index (Phi) is 15.0. The van der Waals surface area contributed by atoms with Crippen LogP contribution in [0.2, 0.25) is 0 Å². The normalized spacial score (nSPS) is 15.9. The average molecular weight is 705 g/mol. The first-order valence-corrected chi connectivity index (χ1v) is 17.8. The number of esters is 2. The zero-order valence-corrected chi connectivity index (χ0v) is 32.7. The molecule has 0 spiro atoms. The topological polar surface area (TPSA) is 52.6 Å². The van der Waals surface area contributed by atoms with Crippen molar-refractivity contribution in [3.05, 3.63) is 35.9 Å². The fraction of sp³-hybridized carbons (Fsp3) is 0.800. The summed E-state index contributed by atoms with van der Waals surface area (Å²) in [6, 6.07) is 10.2. The predicted molar refractivity (Wildman–Crippen MR) is 187 cm³/mol. The molecule has 0 radical (unpaired) electrons. The van der Waals surface area contributed by atoms with E-state index in [1.54, 1.807) is 0 Å². The Hall–Kier alpha value is -2.19. The van der Waals surface area contributed by atoms with Gasteiger partial charge in [-0.15, -0.1) is 0 Å². The number of carbonyl (C=O) groups is 2. The van der Waals surface area contributed by atoms with Gasteiger partial charge in [0.15, 0.2) is 0 Å². The lowest BCUT2D eigenvalue weighted by molar-refractivity contribution is -0.314. The second-order valence-electron chi connectivity index (χ2n) is 17.6. The van der Waals surface area contributed by atoms with E-state index in [1.165, 1.54) is 5.56 Å². The lowest BCUT2D eigenvalue weighted by atomic mass is 9.54. The monoisotopic (exact) mass is 704 g/mol. The van der Waals surface area contributed by atoms with Gasteiger partial charge in [-0.2, -0.15) is 13.2 Å². The van der Waals surface area contributed by atoms with E-state index < -0.39 is 64.6 Å². The van der Waals surface area contributed by atoms with Crippen LogP contribution in [0.25, 0.3) is 0 Å². The van der Waals surface area contributed by atoms with Gasteiger partial charge in [-0.25, -0.2) is 8.78 Å². The fourth-order valence-corrected chi connectivity index (χ4v) is 6.52. The summed E-state index contributed by atoms with van der Waals surface area (Å²) >= 11 is 0. The number of benzene rings is 1. The zero-order valence-electron chi connectivity index (χ0n) is 32.7. The van der Waals surface area contributed by atoms with E-state index in [9.17, 15) is 22.8 Å². The quantitative estimate of drug-likeness (QED) is 0.0817. The molecule has 0 aliphatic carbocycles. The highest BCUT2D eigenvalue weighted by Crippen LogP contribution is 2.57. The van der Waals surface area contributed by atoms with Crippen molar-refractivity contribution in [2.75, 3.05) is 13.2 Å². The first kappa shape index (κ1) is 44.8. The third kappa shape index (κ3) is 10.4. The summed E-state index contributed by atoms with van der Waals surface area (Å²) in [5, 5.41) is 0. The molecule has 1 aromatic carbocycles. The highest BCUT2D eigenvalue weighted by Gasteiger charge is 2.68. The maximum atomic E-state index is 15.2. The summed E-state index contributed by atoms with van der Waals surface area (Å²) in [5.74, 6) is -6.19. The van der Waals surface area contributed by atoms with Crippen LogP contribution in [0.1, 0.15) is 141 Å². The smallest absolute Gasteiger partial charge is 0.399 e. The average Bonchev–Trinajstić information content (AvgIpc) is 2.97. The Bertz CT molecular complexity index is 1200. The van der Waals surface area contributed by atoms with Gasteiger partial charge in [0.05, 0.1) is 25.0 Å². The van der Waals surface area contributed by atoms with E-state index in [1.807, 2.05) is 66.7 Å². The number of rotatable bonds is 19. The number of carbonyl (C=O) groups excluding carboxylic acids is 2. The van der Waals surface area contributed by atoms with Crippen LogP contribution < -0.4 is 0 Å². The van der Waals surface area contributed by atoms with E-state index in [4.69, 9.17) is 9.47 Å². The number of alkyl halides is 5. The highest BCUT2D eigenvalue weighted by molar-refractivity contribution is 5.74. The molecule has 284 valence electrons. The number of hydrogen-bond acceptors (Lipinski definition) is 4. The van der Waals surface area contributed by atoms with Crippen molar-refractivity contribution in [2.24, 2.45) is 44.8 Å². The van der Waals surface area contributed by atoms with E-state index in [0.29, 0.717) is 33.3 Å². The van der Waals surface area contributed by atoms with E-state index >= 15 is 8.78 Å². The molecule has 0 N–H and O–H groups in total. The summed E-state index contributed by atoms with van der Waals surface area (Å²) in [4.78, 5) is 27.5. The molecule has 0 saturated heterocycles. The Morgan fingerprint density at radius 1 is 0.714 bits per heavy atom. The van der Waals surface area contributed by atoms with Crippen molar-refractivity contribution in [2.45, 2.75) is 147 Å². The van der Waals surface area contributed by atoms with Gasteiger partial charge in [-0.3, -0.25) is 9.59 Å². The number of hydrogen-bond donors (Lipinski definition) is 0. The van der Waals surface area contributed by atoms with Crippen molar-refractivity contribution in [1.29, 1.82) is 0 Å². The second kappa shape index (κ2) is 16.4. The number of halogens is 5. The van der Waals surface area contributed by atoms with E-state index in [2.05, 4.69) is 32.9 Å².